The zero-order valence-electron chi connectivity index (χ0n) is 12.5. The van der Waals surface area contributed by atoms with Crippen LogP contribution < -0.4 is 4.74 Å². The van der Waals surface area contributed by atoms with Crippen molar-refractivity contribution in [3.05, 3.63) is 27.3 Å². The smallest absolute Gasteiger partial charge is 0.419 e. The van der Waals surface area contributed by atoms with E-state index in [0.717, 1.165) is 45.2 Å². The maximum absolute atomic E-state index is 13.0. The van der Waals surface area contributed by atoms with Crippen LogP contribution in [0.1, 0.15) is 12.0 Å². The van der Waals surface area contributed by atoms with Crippen LogP contribution in [0.25, 0.3) is 0 Å². The van der Waals surface area contributed by atoms with Crippen LogP contribution in [0, 0.1) is 3.57 Å². The van der Waals surface area contributed by atoms with E-state index in [1.54, 1.807) is 6.07 Å². The van der Waals surface area contributed by atoms with Crippen LogP contribution >= 0.6 is 22.6 Å². The lowest BCUT2D eigenvalue weighted by Gasteiger charge is -2.32. The number of nitrogens with zero attached hydrogens (tertiary/aromatic N) is 2. The van der Waals surface area contributed by atoms with Gasteiger partial charge in [0.1, 0.15) is 5.75 Å². The molecule has 7 heteroatoms. The van der Waals surface area contributed by atoms with Gasteiger partial charge in [0.05, 0.1) is 12.2 Å². The first kappa shape index (κ1) is 17.8. The van der Waals surface area contributed by atoms with Crippen molar-refractivity contribution in [1.82, 2.24) is 9.80 Å². The number of halogens is 4. The first-order valence-corrected chi connectivity index (χ1v) is 8.34. The van der Waals surface area contributed by atoms with Gasteiger partial charge in [0.15, 0.2) is 0 Å². The zero-order chi connectivity index (χ0) is 16.2. The number of ether oxygens (including phenoxy) is 1. The normalized spacial score (nSPS) is 17.7. The molecular weight excluding hydrogens is 408 g/mol. The van der Waals surface area contributed by atoms with Crippen LogP contribution in [-0.2, 0) is 6.18 Å². The number of rotatable bonds is 5. The average Bonchev–Trinajstić information content (AvgIpc) is 2.45. The molecular formula is C15H20F3IN2O. The second kappa shape index (κ2) is 7.83. The van der Waals surface area contributed by atoms with Gasteiger partial charge in [-0.3, -0.25) is 0 Å². The van der Waals surface area contributed by atoms with E-state index in [-0.39, 0.29) is 5.75 Å². The van der Waals surface area contributed by atoms with Crippen molar-refractivity contribution < 1.29 is 17.9 Å². The van der Waals surface area contributed by atoms with Crippen LogP contribution in [-0.4, -0.2) is 56.2 Å². The van der Waals surface area contributed by atoms with E-state index in [1.807, 2.05) is 22.6 Å². The van der Waals surface area contributed by atoms with Gasteiger partial charge in [0.25, 0.3) is 0 Å². The Morgan fingerprint density at radius 3 is 2.50 bits per heavy atom. The fourth-order valence-corrected chi connectivity index (χ4v) is 2.88. The minimum absolute atomic E-state index is 0.0775. The number of hydrogen-bond acceptors (Lipinski definition) is 3. The maximum atomic E-state index is 13.0. The van der Waals surface area contributed by atoms with E-state index in [2.05, 4.69) is 16.8 Å². The average molecular weight is 428 g/mol. The van der Waals surface area contributed by atoms with Crippen LogP contribution in [0.2, 0.25) is 0 Å². The third kappa shape index (κ3) is 5.27. The van der Waals surface area contributed by atoms with E-state index < -0.39 is 11.7 Å². The number of hydrogen-bond donors (Lipinski definition) is 0. The van der Waals surface area contributed by atoms with Crippen LogP contribution in [0.5, 0.6) is 5.75 Å². The second-order valence-corrected chi connectivity index (χ2v) is 6.73. The Kier molecular flexibility index (Phi) is 6.34. The minimum Gasteiger partial charge on any atom is -0.493 e. The Morgan fingerprint density at radius 1 is 1.18 bits per heavy atom. The fourth-order valence-electron chi connectivity index (χ4n) is 2.39. The molecule has 0 saturated carbocycles. The Hall–Kier alpha value is -0.540. The van der Waals surface area contributed by atoms with Crippen LogP contribution in [0.4, 0.5) is 13.2 Å². The molecule has 3 nitrogen and oxygen atoms in total. The molecule has 1 aliphatic rings. The molecule has 0 aliphatic carbocycles. The SMILES string of the molecule is CN1CCN(CCCOc2ccc(I)cc2C(F)(F)F)CC1. The summed E-state index contributed by atoms with van der Waals surface area (Å²) in [5.41, 5.74) is -0.695. The Morgan fingerprint density at radius 2 is 1.86 bits per heavy atom. The van der Waals surface area contributed by atoms with E-state index in [0.29, 0.717) is 10.2 Å². The van der Waals surface area contributed by atoms with Gasteiger partial charge >= 0.3 is 6.18 Å². The second-order valence-electron chi connectivity index (χ2n) is 5.49. The highest BCUT2D eigenvalue weighted by atomic mass is 127. The Bertz CT molecular complexity index is 488. The molecule has 0 N–H and O–H groups in total. The summed E-state index contributed by atoms with van der Waals surface area (Å²) >= 11 is 1.87. The van der Waals surface area contributed by atoms with E-state index in [1.165, 1.54) is 6.07 Å². The molecule has 1 heterocycles. The molecule has 1 saturated heterocycles. The van der Waals surface area contributed by atoms with Gasteiger partial charge in [0.2, 0.25) is 0 Å². The van der Waals surface area contributed by atoms with E-state index in [4.69, 9.17) is 4.74 Å². The van der Waals surface area contributed by atoms with Gasteiger partial charge in [-0.05, 0) is 54.3 Å². The summed E-state index contributed by atoms with van der Waals surface area (Å²) in [6, 6.07) is 4.16. The molecule has 0 amide bonds. The number of likely N-dealkylation sites (N-methyl/N-ethyl adjacent to an activating group) is 1. The predicted molar refractivity (Wildman–Crippen MR) is 88.2 cm³/mol. The summed E-state index contributed by atoms with van der Waals surface area (Å²) < 4.78 is 44.8. The monoisotopic (exact) mass is 428 g/mol. The zero-order valence-corrected chi connectivity index (χ0v) is 14.7. The highest BCUT2D eigenvalue weighted by Crippen LogP contribution is 2.37. The topological polar surface area (TPSA) is 15.7 Å². The third-order valence-corrected chi connectivity index (χ3v) is 4.39. The highest BCUT2D eigenvalue weighted by Gasteiger charge is 2.34. The fraction of sp³-hybridized carbons (Fsp3) is 0.600. The van der Waals surface area contributed by atoms with Gasteiger partial charge < -0.3 is 14.5 Å². The Balaban J connectivity index is 1.82. The van der Waals surface area contributed by atoms with Crippen molar-refractivity contribution in [2.45, 2.75) is 12.6 Å². The minimum atomic E-state index is -4.38. The van der Waals surface area contributed by atoms with Crippen LogP contribution in [0.3, 0.4) is 0 Å². The van der Waals surface area contributed by atoms with Crippen LogP contribution in [0.15, 0.2) is 18.2 Å². The summed E-state index contributed by atoms with van der Waals surface area (Å²) in [7, 11) is 2.09. The predicted octanol–water partition coefficient (Wildman–Crippen LogP) is 3.33. The van der Waals surface area contributed by atoms with Gasteiger partial charge in [0, 0.05) is 36.3 Å². The van der Waals surface area contributed by atoms with Gasteiger partial charge in [-0.25, -0.2) is 0 Å². The molecule has 0 atom stereocenters. The summed E-state index contributed by atoms with van der Waals surface area (Å²) in [5, 5.41) is 0. The molecule has 1 aromatic carbocycles. The molecule has 0 unspecified atom stereocenters. The van der Waals surface area contributed by atoms with E-state index in [9.17, 15) is 13.2 Å². The standard InChI is InChI=1S/C15H20F3IN2O/c1-20-6-8-21(9-7-20)5-2-10-22-14-4-3-12(19)11-13(14)15(16,17)18/h3-4,11H,2,5-10H2,1H3. The summed E-state index contributed by atoms with van der Waals surface area (Å²) in [6.45, 7) is 5.25. The van der Waals surface area contributed by atoms with Crippen molar-refractivity contribution in [2.75, 3.05) is 46.4 Å². The molecule has 124 valence electrons. The molecule has 2 rings (SSSR count). The maximum Gasteiger partial charge on any atom is 0.419 e. The number of alkyl halides is 3. The lowest BCUT2D eigenvalue weighted by Crippen LogP contribution is -2.44. The van der Waals surface area contributed by atoms with Crippen molar-refractivity contribution in [1.29, 1.82) is 0 Å². The molecule has 0 aromatic heterocycles. The molecule has 0 bridgehead atoms. The van der Waals surface area contributed by atoms with E-state index >= 15 is 0 Å². The van der Waals surface area contributed by atoms with Crippen molar-refractivity contribution in [2.24, 2.45) is 0 Å². The quantitative estimate of drug-likeness (QED) is 0.529. The Labute approximate surface area is 142 Å². The third-order valence-electron chi connectivity index (χ3n) is 3.72. The molecule has 0 spiro atoms. The molecule has 1 fully saturated rings. The van der Waals surface area contributed by atoms with Gasteiger partial charge in [-0.2, -0.15) is 13.2 Å². The van der Waals surface area contributed by atoms with Gasteiger partial charge in [-0.15, -0.1) is 0 Å². The highest BCUT2D eigenvalue weighted by molar-refractivity contribution is 14.1. The summed E-state index contributed by atoms with van der Waals surface area (Å²) in [4.78, 5) is 4.59. The molecule has 0 radical (unpaired) electrons. The lowest BCUT2D eigenvalue weighted by atomic mass is 10.2. The number of benzene rings is 1. The molecule has 22 heavy (non-hydrogen) atoms. The van der Waals surface area contributed by atoms with Crippen molar-refractivity contribution >= 4 is 22.6 Å². The lowest BCUT2D eigenvalue weighted by molar-refractivity contribution is -0.139. The first-order chi connectivity index (χ1) is 10.4. The summed E-state index contributed by atoms with van der Waals surface area (Å²) in [5.74, 6) is -0.0775. The van der Waals surface area contributed by atoms with Crippen molar-refractivity contribution in [3.63, 3.8) is 0 Å². The van der Waals surface area contributed by atoms with Gasteiger partial charge in [-0.1, -0.05) is 0 Å². The van der Waals surface area contributed by atoms with Crippen molar-refractivity contribution in [3.8, 4) is 5.75 Å². The number of piperazine rings is 1. The molecule has 1 aliphatic heterocycles. The first-order valence-electron chi connectivity index (χ1n) is 7.27. The summed E-state index contributed by atoms with van der Waals surface area (Å²) in [6.07, 6.45) is -3.65. The largest absolute Gasteiger partial charge is 0.493 e. The molecule has 1 aromatic rings.